The van der Waals surface area contributed by atoms with Gasteiger partial charge in [0.05, 0.1) is 11.4 Å². The number of carbonyl (C=O) groups excluding carboxylic acids is 1. The molecule has 5 aliphatic carbocycles. The summed E-state index contributed by atoms with van der Waals surface area (Å²) >= 11 is 0. The van der Waals surface area contributed by atoms with Gasteiger partial charge in [-0.2, -0.15) is 0 Å². The van der Waals surface area contributed by atoms with Gasteiger partial charge in [-0.1, -0.05) is 20.4 Å². The summed E-state index contributed by atoms with van der Waals surface area (Å²) in [6.07, 6.45) is 9.25. The predicted octanol–water partition coefficient (Wildman–Crippen LogP) is 6.43. The third-order valence-electron chi connectivity index (χ3n) is 8.97. The fourth-order valence-corrected chi connectivity index (χ4v) is 8.13. The van der Waals surface area contributed by atoms with Gasteiger partial charge in [-0.05, 0) is 102 Å². The number of esters is 1. The van der Waals surface area contributed by atoms with Crippen LogP contribution in [0.25, 0.3) is 0 Å². The lowest BCUT2D eigenvalue weighted by Crippen LogP contribution is -2.59. The molecule has 176 valence electrons. The second-order valence-corrected chi connectivity index (χ2v) is 12.3. The van der Waals surface area contributed by atoms with Crippen molar-refractivity contribution in [3.8, 4) is 0 Å². The molecule has 0 aromatic carbocycles. The molecule has 5 saturated carbocycles. The van der Waals surface area contributed by atoms with Crippen molar-refractivity contribution < 1.29 is 19.0 Å². The zero-order valence-corrected chi connectivity index (χ0v) is 20.7. The molecule has 0 aliphatic heterocycles. The van der Waals surface area contributed by atoms with E-state index in [9.17, 15) is 4.79 Å². The number of allylic oxidation sites excluding steroid dienone is 1. The van der Waals surface area contributed by atoms with E-state index in [4.69, 9.17) is 14.2 Å². The smallest absolute Gasteiger partial charge is 0.335 e. The van der Waals surface area contributed by atoms with E-state index >= 15 is 0 Å². The molecule has 0 aromatic heterocycles. The summed E-state index contributed by atoms with van der Waals surface area (Å²) in [6, 6.07) is 0. The number of hydrogen-bond acceptors (Lipinski definition) is 4. The molecule has 0 radical (unpaired) electrons. The third-order valence-corrected chi connectivity index (χ3v) is 8.97. The van der Waals surface area contributed by atoms with E-state index in [-0.39, 0.29) is 17.2 Å². The van der Waals surface area contributed by atoms with Crippen molar-refractivity contribution in [3.05, 3.63) is 12.3 Å². The maximum absolute atomic E-state index is 13.2. The minimum atomic E-state index is -0.567. The lowest BCUT2D eigenvalue weighted by molar-refractivity contribution is -0.223. The highest BCUT2D eigenvalue weighted by atomic mass is 16.6. The summed E-state index contributed by atoms with van der Waals surface area (Å²) in [4.78, 5) is 13.2. The van der Waals surface area contributed by atoms with Gasteiger partial charge in [0, 0.05) is 12.8 Å². The molecule has 0 aromatic rings. The van der Waals surface area contributed by atoms with Crippen LogP contribution in [0.15, 0.2) is 12.3 Å². The fraction of sp³-hybridized carbons (Fsp3) is 0.889. The van der Waals surface area contributed by atoms with Gasteiger partial charge in [-0.25, -0.2) is 4.79 Å². The van der Waals surface area contributed by atoms with Crippen LogP contribution in [0.1, 0.15) is 99.3 Å². The highest BCUT2D eigenvalue weighted by molar-refractivity contribution is 5.74. The average Bonchev–Trinajstić information content (AvgIpc) is 2.63. The molecule has 5 fully saturated rings. The van der Waals surface area contributed by atoms with E-state index in [1.807, 2.05) is 6.92 Å². The molecule has 4 bridgehead atoms. The number of rotatable bonds is 7. The molecular weight excluding hydrogens is 388 g/mol. The van der Waals surface area contributed by atoms with E-state index in [0.29, 0.717) is 17.8 Å². The van der Waals surface area contributed by atoms with Crippen LogP contribution in [0, 0.1) is 29.6 Å². The highest BCUT2D eigenvalue weighted by Gasteiger charge is 2.57. The van der Waals surface area contributed by atoms with Gasteiger partial charge in [-0.15, -0.1) is 0 Å². The normalized spacial score (nSPS) is 47.1. The molecule has 0 amide bonds. The van der Waals surface area contributed by atoms with Crippen molar-refractivity contribution in [2.24, 2.45) is 29.6 Å². The minimum absolute atomic E-state index is 0.185. The Kier molecular flexibility index (Phi) is 6.03. The SMILES string of the molecule is C=C(CC)OC1(C)CC(C)CC(C)(OC(C)C(=O)OC2(C)C3CC4CC(C3)CC2C4)C1. The topological polar surface area (TPSA) is 44.8 Å². The Hall–Kier alpha value is -1.03. The molecule has 0 N–H and O–H groups in total. The molecule has 5 rings (SSSR count). The van der Waals surface area contributed by atoms with Gasteiger partial charge in [0.25, 0.3) is 0 Å². The summed E-state index contributed by atoms with van der Waals surface area (Å²) in [5, 5.41) is 0. The van der Waals surface area contributed by atoms with Crippen LogP contribution < -0.4 is 0 Å². The molecule has 4 unspecified atom stereocenters. The maximum atomic E-state index is 13.2. The quantitative estimate of drug-likeness (QED) is 0.344. The Labute approximate surface area is 189 Å². The fourth-order valence-electron chi connectivity index (χ4n) is 8.13. The maximum Gasteiger partial charge on any atom is 0.335 e. The first-order valence-corrected chi connectivity index (χ1v) is 12.7. The molecular formula is C27H44O4. The van der Waals surface area contributed by atoms with Crippen molar-refractivity contribution in [1.29, 1.82) is 0 Å². The average molecular weight is 433 g/mol. The van der Waals surface area contributed by atoms with Gasteiger partial charge in [0.15, 0.2) is 6.10 Å². The molecule has 5 aliphatic rings. The monoisotopic (exact) mass is 432 g/mol. The lowest BCUT2D eigenvalue weighted by Gasteiger charge is -2.59. The Morgan fingerprint density at radius 2 is 1.52 bits per heavy atom. The summed E-state index contributed by atoms with van der Waals surface area (Å²) < 4.78 is 19.0. The number of hydrogen-bond donors (Lipinski definition) is 0. The largest absolute Gasteiger partial charge is 0.492 e. The molecule has 4 atom stereocenters. The molecule has 0 saturated heterocycles. The van der Waals surface area contributed by atoms with Crippen LogP contribution in [0.4, 0.5) is 0 Å². The number of carbonyl (C=O) groups is 1. The Morgan fingerprint density at radius 1 is 0.968 bits per heavy atom. The first-order chi connectivity index (χ1) is 14.4. The van der Waals surface area contributed by atoms with Crippen molar-refractivity contribution in [3.63, 3.8) is 0 Å². The first-order valence-electron chi connectivity index (χ1n) is 12.7. The van der Waals surface area contributed by atoms with E-state index in [2.05, 4.69) is 41.2 Å². The van der Waals surface area contributed by atoms with Crippen molar-refractivity contribution in [2.75, 3.05) is 0 Å². The van der Waals surface area contributed by atoms with Crippen molar-refractivity contribution in [2.45, 2.75) is 122 Å². The van der Waals surface area contributed by atoms with Crippen LogP contribution >= 0.6 is 0 Å². The van der Waals surface area contributed by atoms with E-state index < -0.39 is 11.7 Å². The highest BCUT2D eigenvalue weighted by Crippen LogP contribution is 2.59. The van der Waals surface area contributed by atoms with E-state index in [1.165, 1.54) is 32.1 Å². The molecule has 0 heterocycles. The van der Waals surface area contributed by atoms with Gasteiger partial charge < -0.3 is 14.2 Å². The molecule has 31 heavy (non-hydrogen) atoms. The van der Waals surface area contributed by atoms with Crippen molar-refractivity contribution in [1.82, 2.24) is 0 Å². The van der Waals surface area contributed by atoms with Crippen LogP contribution in [0.5, 0.6) is 0 Å². The standard InChI is InChI=1S/C27H44O4/c1-8-18(3)29-25(5)14-17(2)15-26(6,16-25)30-19(4)24(28)31-27(7)22-10-20-9-21(12-22)13-23(27)11-20/h17,19-23H,3,8-16H2,1-2,4-7H3. The summed E-state index contributed by atoms with van der Waals surface area (Å²) in [7, 11) is 0. The first kappa shape index (κ1) is 23.1. The zero-order chi connectivity index (χ0) is 22.6. The van der Waals surface area contributed by atoms with Crippen LogP contribution in [0.2, 0.25) is 0 Å². The molecule has 0 spiro atoms. The van der Waals surface area contributed by atoms with E-state index in [0.717, 1.165) is 43.3 Å². The Morgan fingerprint density at radius 3 is 2.06 bits per heavy atom. The van der Waals surface area contributed by atoms with Gasteiger partial charge in [0.2, 0.25) is 0 Å². The Balaban J connectivity index is 1.40. The summed E-state index contributed by atoms with van der Waals surface area (Å²) in [6.45, 7) is 16.7. The van der Waals surface area contributed by atoms with Crippen molar-refractivity contribution >= 4 is 5.97 Å². The zero-order valence-electron chi connectivity index (χ0n) is 20.7. The Bertz CT molecular complexity index is 686. The van der Waals surface area contributed by atoms with Crippen LogP contribution in [-0.4, -0.2) is 28.9 Å². The van der Waals surface area contributed by atoms with Crippen LogP contribution in [0.3, 0.4) is 0 Å². The third kappa shape index (κ3) is 4.56. The van der Waals surface area contributed by atoms with Gasteiger partial charge in [-0.3, -0.25) is 0 Å². The molecule has 4 heteroatoms. The lowest BCUT2D eigenvalue weighted by atomic mass is 9.50. The van der Waals surface area contributed by atoms with Gasteiger partial charge >= 0.3 is 5.97 Å². The second-order valence-electron chi connectivity index (χ2n) is 12.3. The van der Waals surface area contributed by atoms with E-state index in [1.54, 1.807) is 0 Å². The van der Waals surface area contributed by atoms with Gasteiger partial charge in [0.1, 0.15) is 11.2 Å². The number of ether oxygens (including phenoxy) is 3. The molecule has 4 nitrogen and oxygen atoms in total. The second kappa shape index (κ2) is 8.08. The minimum Gasteiger partial charge on any atom is -0.492 e. The predicted molar refractivity (Wildman–Crippen MR) is 122 cm³/mol. The summed E-state index contributed by atoms with van der Waals surface area (Å²) in [5.41, 5.74) is -1.03. The van der Waals surface area contributed by atoms with Crippen LogP contribution in [-0.2, 0) is 19.0 Å². The summed E-state index contributed by atoms with van der Waals surface area (Å²) in [5.74, 6) is 3.88.